The third-order valence-electron chi connectivity index (χ3n) is 3.09. The summed E-state index contributed by atoms with van der Waals surface area (Å²) in [6, 6.07) is 12.0. The van der Waals surface area contributed by atoms with Gasteiger partial charge in [0.25, 0.3) is 0 Å². The van der Waals surface area contributed by atoms with Gasteiger partial charge in [-0.15, -0.1) is 0 Å². The first-order valence-electron chi connectivity index (χ1n) is 6.44. The Balaban J connectivity index is 2.39. The molecule has 5 nitrogen and oxygen atoms in total. The zero-order valence-corrected chi connectivity index (χ0v) is 11.6. The molecular formula is C15H18N4O. The number of aromatic nitrogens is 1. The molecule has 1 aromatic heterocycles. The number of nitrogens with zero attached hydrogens (tertiary/aromatic N) is 3. The van der Waals surface area contributed by atoms with Gasteiger partial charge in [0.1, 0.15) is 5.69 Å². The molecular weight excluding hydrogens is 252 g/mol. The highest BCUT2D eigenvalue weighted by molar-refractivity contribution is 5.96. The van der Waals surface area contributed by atoms with E-state index < -0.39 is 0 Å². The Morgan fingerprint density at radius 1 is 1.25 bits per heavy atom. The predicted molar refractivity (Wildman–Crippen MR) is 80.6 cm³/mol. The Hall–Kier alpha value is -2.56. The van der Waals surface area contributed by atoms with Gasteiger partial charge in [-0.1, -0.05) is 22.9 Å². The number of pyridine rings is 1. The van der Waals surface area contributed by atoms with Crippen LogP contribution in [0.3, 0.4) is 0 Å². The summed E-state index contributed by atoms with van der Waals surface area (Å²) in [4.78, 5) is 6.23. The Morgan fingerprint density at radius 2 is 1.95 bits per heavy atom. The second-order valence-electron chi connectivity index (χ2n) is 4.46. The lowest BCUT2D eigenvalue weighted by atomic mass is 10.2. The molecule has 0 radical (unpaired) electrons. The van der Waals surface area contributed by atoms with Gasteiger partial charge < -0.3 is 15.8 Å². The number of rotatable bonds is 4. The van der Waals surface area contributed by atoms with Crippen LogP contribution in [0, 0.1) is 6.92 Å². The van der Waals surface area contributed by atoms with Crippen LogP contribution in [0.5, 0.6) is 0 Å². The number of anilines is 2. The first-order valence-corrected chi connectivity index (χ1v) is 6.44. The quantitative estimate of drug-likeness (QED) is 0.387. The maximum atomic E-state index is 8.73. The molecule has 3 N–H and O–H groups in total. The van der Waals surface area contributed by atoms with Crippen LogP contribution in [0.1, 0.15) is 18.2 Å². The molecule has 2 rings (SSSR count). The van der Waals surface area contributed by atoms with Gasteiger partial charge in [-0.2, -0.15) is 0 Å². The van der Waals surface area contributed by atoms with Crippen molar-refractivity contribution in [2.45, 2.75) is 13.8 Å². The number of oxime groups is 1. The Labute approximate surface area is 118 Å². The summed E-state index contributed by atoms with van der Waals surface area (Å²) in [5, 5.41) is 11.7. The van der Waals surface area contributed by atoms with Crippen molar-refractivity contribution in [3.8, 4) is 0 Å². The van der Waals surface area contributed by atoms with Gasteiger partial charge in [0.05, 0.1) is 0 Å². The lowest BCUT2D eigenvalue weighted by Gasteiger charge is -2.23. The lowest BCUT2D eigenvalue weighted by molar-refractivity contribution is 0.318. The second kappa shape index (κ2) is 6.06. The SMILES string of the molecule is CCN(c1ccc(C)cc1)c1ccnc(C(N)=NO)c1. The van der Waals surface area contributed by atoms with Crippen molar-refractivity contribution in [1.82, 2.24) is 4.98 Å². The van der Waals surface area contributed by atoms with E-state index in [0.717, 1.165) is 17.9 Å². The first kappa shape index (κ1) is 13.9. The molecule has 0 fully saturated rings. The van der Waals surface area contributed by atoms with E-state index >= 15 is 0 Å². The summed E-state index contributed by atoms with van der Waals surface area (Å²) in [7, 11) is 0. The normalized spacial score (nSPS) is 11.4. The van der Waals surface area contributed by atoms with Crippen molar-refractivity contribution in [1.29, 1.82) is 0 Å². The number of hydrogen-bond donors (Lipinski definition) is 2. The summed E-state index contributed by atoms with van der Waals surface area (Å²) in [6.07, 6.45) is 1.65. The summed E-state index contributed by atoms with van der Waals surface area (Å²) in [5.74, 6) is 0.00630. The van der Waals surface area contributed by atoms with E-state index in [4.69, 9.17) is 10.9 Å². The largest absolute Gasteiger partial charge is 0.409 e. The molecule has 0 saturated carbocycles. The number of amidine groups is 1. The van der Waals surface area contributed by atoms with E-state index in [2.05, 4.69) is 53.2 Å². The fraction of sp³-hybridized carbons (Fsp3) is 0.200. The van der Waals surface area contributed by atoms with Gasteiger partial charge in [-0.3, -0.25) is 4.98 Å². The van der Waals surface area contributed by atoms with Crippen LogP contribution in [-0.2, 0) is 0 Å². The van der Waals surface area contributed by atoms with Crippen molar-refractivity contribution < 1.29 is 5.21 Å². The van der Waals surface area contributed by atoms with Crippen molar-refractivity contribution in [3.63, 3.8) is 0 Å². The lowest BCUT2D eigenvalue weighted by Crippen LogP contribution is -2.19. The van der Waals surface area contributed by atoms with Crippen molar-refractivity contribution in [3.05, 3.63) is 53.9 Å². The fourth-order valence-electron chi connectivity index (χ4n) is 2.02. The molecule has 104 valence electrons. The van der Waals surface area contributed by atoms with Gasteiger partial charge in [-0.05, 0) is 38.1 Å². The molecule has 2 aromatic rings. The van der Waals surface area contributed by atoms with Gasteiger partial charge in [0.15, 0.2) is 5.84 Å². The highest BCUT2D eigenvalue weighted by Crippen LogP contribution is 2.25. The van der Waals surface area contributed by atoms with E-state index in [-0.39, 0.29) is 5.84 Å². The van der Waals surface area contributed by atoms with Crippen LogP contribution < -0.4 is 10.6 Å². The first-order chi connectivity index (χ1) is 9.65. The Morgan fingerprint density at radius 3 is 2.55 bits per heavy atom. The highest BCUT2D eigenvalue weighted by atomic mass is 16.4. The molecule has 1 aromatic carbocycles. The maximum Gasteiger partial charge on any atom is 0.188 e. The van der Waals surface area contributed by atoms with Crippen LogP contribution in [-0.4, -0.2) is 22.6 Å². The van der Waals surface area contributed by atoms with Crippen LogP contribution in [0.4, 0.5) is 11.4 Å². The minimum Gasteiger partial charge on any atom is -0.409 e. The predicted octanol–water partition coefficient (Wildman–Crippen LogP) is 2.64. The minimum absolute atomic E-state index is 0.00630. The Bertz CT molecular complexity index is 608. The van der Waals surface area contributed by atoms with Gasteiger partial charge in [0, 0.05) is 24.1 Å². The molecule has 0 aliphatic carbocycles. The molecule has 1 heterocycles. The molecule has 0 unspecified atom stereocenters. The van der Waals surface area contributed by atoms with Crippen molar-refractivity contribution in [2.24, 2.45) is 10.9 Å². The molecule has 0 saturated heterocycles. The molecule has 20 heavy (non-hydrogen) atoms. The highest BCUT2D eigenvalue weighted by Gasteiger charge is 2.09. The average Bonchev–Trinajstić information content (AvgIpc) is 2.49. The van der Waals surface area contributed by atoms with Crippen LogP contribution in [0.2, 0.25) is 0 Å². The number of benzene rings is 1. The summed E-state index contributed by atoms with van der Waals surface area (Å²) >= 11 is 0. The monoisotopic (exact) mass is 270 g/mol. The molecule has 0 amide bonds. The van der Waals surface area contributed by atoms with Gasteiger partial charge in [0.2, 0.25) is 0 Å². The van der Waals surface area contributed by atoms with Gasteiger partial charge in [-0.25, -0.2) is 0 Å². The maximum absolute atomic E-state index is 8.73. The molecule has 0 aliphatic rings. The van der Waals surface area contributed by atoms with E-state index in [1.54, 1.807) is 12.3 Å². The Kier molecular flexibility index (Phi) is 4.20. The van der Waals surface area contributed by atoms with Gasteiger partial charge >= 0.3 is 0 Å². The van der Waals surface area contributed by atoms with E-state index in [1.165, 1.54) is 5.56 Å². The molecule has 5 heteroatoms. The zero-order chi connectivity index (χ0) is 14.5. The molecule has 0 atom stereocenters. The van der Waals surface area contributed by atoms with E-state index in [0.29, 0.717) is 5.69 Å². The summed E-state index contributed by atoms with van der Waals surface area (Å²) in [5.41, 5.74) is 9.30. The third-order valence-corrected chi connectivity index (χ3v) is 3.09. The molecule has 0 aliphatic heterocycles. The molecule has 0 spiro atoms. The average molecular weight is 270 g/mol. The minimum atomic E-state index is 0.00630. The topological polar surface area (TPSA) is 74.7 Å². The van der Waals surface area contributed by atoms with Crippen molar-refractivity contribution in [2.75, 3.05) is 11.4 Å². The molecule has 0 bridgehead atoms. The summed E-state index contributed by atoms with van der Waals surface area (Å²) < 4.78 is 0. The van der Waals surface area contributed by atoms with Crippen LogP contribution in [0.25, 0.3) is 0 Å². The second-order valence-corrected chi connectivity index (χ2v) is 4.46. The van der Waals surface area contributed by atoms with Crippen LogP contribution in [0.15, 0.2) is 47.8 Å². The number of hydrogen-bond acceptors (Lipinski definition) is 4. The van der Waals surface area contributed by atoms with Crippen molar-refractivity contribution >= 4 is 17.2 Å². The third kappa shape index (κ3) is 2.88. The van der Waals surface area contributed by atoms with E-state index in [9.17, 15) is 0 Å². The smallest absolute Gasteiger partial charge is 0.188 e. The zero-order valence-electron chi connectivity index (χ0n) is 11.6. The number of nitrogens with two attached hydrogens (primary N) is 1. The van der Waals surface area contributed by atoms with Crippen LogP contribution >= 0.6 is 0 Å². The number of aryl methyl sites for hydroxylation is 1. The fourth-order valence-corrected chi connectivity index (χ4v) is 2.02. The standard InChI is InChI=1S/C15H18N4O/c1-3-19(12-6-4-11(2)5-7-12)13-8-9-17-14(10-13)15(16)18-20/h4-10,20H,3H2,1-2H3,(H2,16,18). The van der Waals surface area contributed by atoms with E-state index in [1.807, 2.05) is 6.07 Å². The summed E-state index contributed by atoms with van der Waals surface area (Å²) in [6.45, 7) is 4.94.